The van der Waals surface area contributed by atoms with Gasteiger partial charge in [-0.15, -0.1) is 0 Å². The van der Waals surface area contributed by atoms with E-state index in [1.54, 1.807) is 30.3 Å². The van der Waals surface area contributed by atoms with Gasteiger partial charge in [-0.25, -0.2) is 4.79 Å². The Kier molecular flexibility index (Phi) is 3.97. The molecular formula is C17H23NO4. The zero-order valence-electron chi connectivity index (χ0n) is 12.7. The molecule has 120 valence electrons. The van der Waals surface area contributed by atoms with Gasteiger partial charge in [-0.2, -0.15) is 0 Å². The highest BCUT2D eigenvalue weighted by Crippen LogP contribution is 2.42. The standard InChI is InChI=1S/C17H23NO4/c1-18-13-7-8-14(18)10-11(9-13)15(19)17(22,16(20)21)12-5-3-2-4-6-12/h2-6,11,13-15,19,22H,7-10H2,1H3,(H,20,21)/t11?,13-,14+,15-,17?/m1/s1. The van der Waals surface area contributed by atoms with Crippen LogP contribution < -0.4 is 0 Å². The summed E-state index contributed by atoms with van der Waals surface area (Å²) in [5.74, 6) is -1.59. The third kappa shape index (κ3) is 2.33. The molecule has 0 spiro atoms. The molecule has 2 bridgehead atoms. The van der Waals surface area contributed by atoms with Crippen LogP contribution in [0.15, 0.2) is 30.3 Å². The lowest BCUT2D eigenvalue weighted by molar-refractivity contribution is -0.181. The van der Waals surface area contributed by atoms with E-state index < -0.39 is 17.7 Å². The first kappa shape index (κ1) is 15.5. The van der Waals surface area contributed by atoms with Crippen molar-refractivity contribution in [2.24, 2.45) is 5.92 Å². The maximum atomic E-state index is 11.7. The van der Waals surface area contributed by atoms with E-state index in [0.717, 1.165) is 25.7 Å². The largest absolute Gasteiger partial charge is 0.479 e. The Morgan fingerprint density at radius 2 is 1.77 bits per heavy atom. The SMILES string of the molecule is CN1[C@@H]2CC[C@H]1CC([C@@H](O)C(O)(C(=O)O)c1ccccc1)C2. The smallest absolute Gasteiger partial charge is 0.343 e. The molecule has 2 heterocycles. The maximum Gasteiger partial charge on any atom is 0.343 e. The number of hydrogen-bond acceptors (Lipinski definition) is 4. The lowest BCUT2D eigenvalue weighted by Gasteiger charge is -2.42. The third-order valence-electron chi connectivity index (χ3n) is 5.55. The van der Waals surface area contributed by atoms with Gasteiger partial charge >= 0.3 is 5.97 Å². The van der Waals surface area contributed by atoms with E-state index in [1.165, 1.54) is 0 Å². The normalized spacial score (nSPS) is 32.4. The van der Waals surface area contributed by atoms with Gasteiger partial charge in [-0.05, 0) is 44.2 Å². The molecule has 2 aliphatic heterocycles. The van der Waals surface area contributed by atoms with Crippen LogP contribution in [0.3, 0.4) is 0 Å². The minimum atomic E-state index is -2.25. The summed E-state index contributed by atoms with van der Waals surface area (Å²) in [5.41, 5.74) is -2.01. The van der Waals surface area contributed by atoms with Gasteiger partial charge in [0.15, 0.2) is 0 Å². The van der Waals surface area contributed by atoms with Crippen LogP contribution in [0.4, 0.5) is 0 Å². The molecule has 2 unspecified atom stereocenters. The first-order valence-electron chi connectivity index (χ1n) is 7.86. The maximum absolute atomic E-state index is 11.7. The molecule has 0 radical (unpaired) electrons. The van der Waals surface area contributed by atoms with Gasteiger partial charge in [-0.3, -0.25) is 0 Å². The Balaban J connectivity index is 1.88. The van der Waals surface area contributed by atoms with Crippen molar-refractivity contribution < 1.29 is 20.1 Å². The highest BCUT2D eigenvalue weighted by Gasteiger charge is 2.51. The minimum absolute atomic E-state index is 0.199. The van der Waals surface area contributed by atoms with Crippen LogP contribution in [-0.2, 0) is 10.4 Å². The predicted octanol–water partition coefficient (Wildman–Crippen LogP) is 1.19. The zero-order chi connectivity index (χ0) is 15.9. The minimum Gasteiger partial charge on any atom is -0.479 e. The molecule has 2 fully saturated rings. The average Bonchev–Trinajstić information content (AvgIpc) is 2.75. The van der Waals surface area contributed by atoms with Gasteiger partial charge in [0.2, 0.25) is 5.60 Å². The number of nitrogens with zero attached hydrogens (tertiary/aromatic N) is 1. The Morgan fingerprint density at radius 1 is 1.23 bits per heavy atom. The number of benzene rings is 1. The second kappa shape index (κ2) is 5.65. The molecule has 3 rings (SSSR count). The summed E-state index contributed by atoms with van der Waals surface area (Å²) < 4.78 is 0. The van der Waals surface area contributed by atoms with E-state index in [0.29, 0.717) is 12.1 Å². The Labute approximate surface area is 130 Å². The Morgan fingerprint density at radius 3 is 2.27 bits per heavy atom. The van der Waals surface area contributed by atoms with Crippen LogP contribution in [0, 0.1) is 5.92 Å². The van der Waals surface area contributed by atoms with E-state index in [9.17, 15) is 20.1 Å². The summed E-state index contributed by atoms with van der Waals surface area (Å²) >= 11 is 0. The van der Waals surface area contributed by atoms with Crippen LogP contribution in [-0.4, -0.2) is 51.4 Å². The molecule has 1 aromatic rings. The lowest BCUT2D eigenvalue weighted by Crippen LogP contribution is -2.53. The fourth-order valence-electron chi connectivity index (χ4n) is 4.17. The van der Waals surface area contributed by atoms with Crippen molar-refractivity contribution >= 4 is 5.97 Å². The number of hydrogen-bond donors (Lipinski definition) is 3. The number of aliphatic hydroxyl groups is 2. The van der Waals surface area contributed by atoms with E-state index >= 15 is 0 Å². The van der Waals surface area contributed by atoms with Gasteiger partial charge in [-0.1, -0.05) is 30.3 Å². The highest BCUT2D eigenvalue weighted by atomic mass is 16.4. The van der Waals surface area contributed by atoms with E-state index in [4.69, 9.17) is 0 Å². The Bertz CT molecular complexity index is 535. The van der Waals surface area contributed by atoms with Crippen LogP contribution >= 0.6 is 0 Å². The van der Waals surface area contributed by atoms with Crippen molar-refractivity contribution in [1.29, 1.82) is 0 Å². The summed E-state index contributed by atoms with van der Waals surface area (Å²) in [6.45, 7) is 0. The topological polar surface area (TPSA) is 81.0 Å². The molecule has 5 atom stereocenters. The van der Waals surface area contributed by atoms with Gasteiger partial charge in [0.05, 0.1) is 0 Å². The number of carboxylic acids is 1. The molecule has 0 aromatic heterocycles. The molecule has 5 nitrogen and oxygen atoms in total. The number of rotatable bonds is 4. The van der Waals surface area contributed by atoms with Crippen molar-refractivity contribution in [3.8, 4) is 0 Å². The third-order valence-corrected chi connectivity index (χ3v) is 5.55. The second-order valence-electron chi connectivity index (χ2n) is 6.66. The molecule has 22 heavy (non-hydrogen) atoms. The fraction of sp³-hybridized carbons (Fsp3) is 0.588. The highest BCUT2D eigenvalue weighted by molar-refractivity contribution is 5.80. The second-order valence-corrected chi connectivity index (χ2v) is 6.66. The first-order valence-corrected chi connectivity index (χ1v) is 7.86. The summed E-state index contributed by atoms with van der Waals surface area (Å²) in [6.07, 6.45) is 2.33. The predicted molar refractivity (Wildman–Crippen MR) is 81.3 cm³/mol. The van der Waals surface area contributed by atoms with Crippen LogP contribution in [0.1, 0.15) is 31.2 Å². The molecule has 2 aliphatic rings. The molecular weight excluding hydrogens is 282 g/mol. The molecule has 0 saturated carbocycles. The first-order chi connectivity index (χ1) is 10.4. The molecule has 0 aliphatic carbocycles. The number of piperidine rings is 1. The molecule has 2 saturated heterocycles. The van der Waals surface area contributed by atoms with Crippen molar-refractivity contribution in [3.05, 3.63) is 35.9 Å². The van der Waals surface area contributed by atoms with Gasteiger partial charge in [0.1, 0.15) is 6.10 Å². The van der Waals surface area contributed by atoms with Crippen molar-refractivity contribution in [2.45, 2.75) is 49.5 Å². The van der Waals surface area contributed by atoms with Crippen molar-refractivity contribution in [3.63, 3.8) is 0 Å². The lowest BCUT2D eigenvalue weighted by atomic mass is 9.76. The Hall–Kier alpha value is -1.43. The quantitative estimate of drug-likeness (QED) is 0.778. The summed E-state index contributed by atoms with van der Waals surface area (Å²) in [5, 5.41) is 31.1. The van der Waals surface area contributed by atoms with Crippen molar-refractivity contribution in [2.75, 3.05) is 7.05 Å². The summed E-state index contributed by atoms with van der Waals surface area (Å²) in [6, 6.07) is 8.98. The van der Waals surface area contributed by atoms with Gasteiger partial charge in [0.25, 0.3) is 0 Å². The molecule has 3 N–H and O–H groups in total. The number of carboxylic acid groups (broad SMARTS) is 1. The number of aliphatic hydroxyl groups excluding tert-OH is 1. The number of fused-ring (bicyclic) bond motifs is 2. The molecule has 0 amide bonds. The zero-order valence-corrected chi connectivity index (χ0v) is 12.7. The van der Waals surface area contributed by atoms with E-state index in [1.807, 2.05) is 0 Å². The van der Waals surface area contributed by atoms with E-state index in [-0.39, 0.29) is 11.5 Å². The molecule has 5 heteroatoms. The number of carbonyl (C=O) groups is 1. The molecule has 1 aromatic carbocycles. The van der Waals surface area contributed by atoms with Gasteiger partial charge in [0, 0.05) is 12.1 Å². The number of aliphatic carboxylic acids is 1. The van der Waals surface area contributed by atoms with E-state index in [2.05, 4.69) is 11.9 Å². The average molecular weight is 305 g/mol. The van der Waals surface area contributed by atoms with Crippen molar-refractivity contribution in [1.82, 2.24) is 4.90 Å². The van der Waals surface area contributed by atoms with Gasteiger partial charge < -0.3 is 20.2 Å². The van der Waals surface area contributed by atoms with Crippen LogP contribution in [0.25, 0.3) is 0 Å². The summed E-state index contributed by atoms with van der Waals surface area (Å²) in [7, 11) is 2.09. The fourth-order valence-corrected chi connectivity index (χ4v) is 4.17. The van der Waals surface area contributed by atoms with Crippen LogP contribution in [0.5, 0.6) is 0 Å². The summed E-state index contributed by atoms with van der Waals surface area (Å²) in [4.78, 5) is 14.1. The monoisotopic (exact) mass is 305 g/mol. The van der Waals surface area contributed by atoms with Crippen LogP contribution in [0.2, 0.25) is 0 Å².